The molecule has 0 aliphatic carbocycles. The molecule has 0 amide bonds. The smallest absolute Gasteiger partial charge is 0.332 e. The maximum Gasteiger partial charge on any atom is 0.332 e. The summed E-state index contributed by atoms with van der Waals surface area (Å²) in [6.07, 6.45) is -0.154. The van der Waals surface area contributed by atoms with Gasteiger partial charge in [0.2, 0.25) is 0 Å². The summed E-state index contributed by atoms with van der Waals surface area (Å²) in [4.78, 5) is 33.9. The van der Waals surface area contributed by atoms with Crippen molar-refractivity contribution in [1.29, 1.82) is 0 Å². The van der Waals surface area contributed by atoms with Crippen LogP contribution in [0.1, 0.15) is 12.5 Å². The van der Waals surface area contributed by atoms with Gasteiger partial charge in [0, 0.05) is 12.1 Å². The van der Waals surface area contributed by atoms with Crippen molar-refractivity contribution in [3.05, 3.63) is 38.2 Å². The predicted octanol–water partition coefficient (Wildman–Crippen LogP) is 0.389. The SMILES string of the molecule is CCOC(=O)Cc1cc([N+](=O)[O-])[nH]c(=O)c1. The molecule has 0 saturated carbocycles. The topological polar surface area (TPSA) is 102 Å². The monoisotopic (exact) mass is 226 g/mol. The first-order chi connectivity index (χ1) is 7.52. The van der Waals surface area contributed by atoms with E-state index in [0.717, 1.165) is 12.1 Å². The van der Waals surface area contributed by atoms with Crippen molar-refractivity contribution < 1.29 is 14.5 Å². The largest absolute Gasteiger partial charge is 0.466 e. The Labute approximate surface area is 90.2 Å². The molecule has 1 aromatic heterocycles. The summed E-state index contributed by atoms with van der Waals surface area (Å²) in [5, 5.41) is 10.4. The predicted molar refractivity (Wildman–Crippen MR) is 54.1 cm³/mol. The van der Waals surface area contributed by atoms with E-state index in [0.29, 0.717) is 0 Å². The first-order valence-corrected chi connectivity index (χ1v) is 4.56. The molecule has 0 aliphatic heterocycles. The molecule has 16 heavy (non-hydrogen) atoms. The maximum absolute atomic E-state index is 11.1. The van der Waals surface area contributed by atoms with Gasteiger partial charge in [-0.3, -0.25) is 4.79 Å². The second-order valence-electron chi connectivity index (χ2n) is 2.98. The highest BCUT2D eigenvalue weighted by Gasteiger charge is 2.11. The van der Waals surface area contributed by atoms with Crippen LogP contribution in [0.5, 0.6) is 0 Å². The molecule has 86 valence electrons. The lowest BCUT2D eigenvalue weighted by Gasteiger charge is -2.01. The maximum atomic E-state index is 11.1. The molecular weight excluding hydrogens is 216 g/mol. The Kier molecular flexibility index (Phi) is 3.76. The molecule has 0 saturated heterocycles. The van der Waals surface area contributed by atoms with Crippen LogP contribution in [0.2, 0.25) is 0 Å². The molecule has 0 atom stereocenters. The Morgan fingerprint density at radius 3 is 2.81 bits per heavy atom. The number of ether oxygens (including phenoxy) is 1. The van der Waals surface area contributed by atoms with E-state index in [2.05, 4.69) is 4.74 Å². The number of aromatic amines is 1. The van der Waals surface area contributed by atoms with Gasteiger partial charge in [-0.1, -0.05) is 0 Å². The van der Waals surface area contributed by atoms with E-state index in [1.807, 2.05) is 4.98 Å². The van der Waals surface area contributed by atoms with Gasteiger partial charge in [-0.2, -0.15) is 0 Å². The summed E-state index contributed by atoms with van der Waals surface area (Å²) < 4.78 is 4.66. The number of nitrogens with zero attached hydrogens (tertiary/aromatic N) is 1. The van der Waals surface area contributed by atoms with Crippen molar-refractivity contribution in [2.24, 2.45) is 0 Å². The molecule has 7 heteroatoms. The lowest BCUT2D eigenvalue weighted by atomic mass is 10.2. The number of carbonyl (C=O) groups is 1. The van der Waals surface area contributed by atoms with Crippen LogP contribution in [0.15, 0.2) is 16.9 Å². The third kappa shape index (κ3) is 3.19. The highest BCUT2D eigenvalue weighted by Crippen LogP contribution is 2.07. The Morgan fingerprint density at radius 2 is 2.25 bits per heavy atom. The highest BCUT2D eigenvalue weighted by molar-refractivity contribution is 5.72. The Balaban J connectivity index is 2.93. The second kappa shape index (κ2) is 5.06. The van der Waals surface area contributed by atoms with Gasteiger partial charge in [0.1, 0.15) is 0 Å². The van der Waals surface area contributed by atoms with Crippen molar-refractivity contribution >= 4 is 11.8 Å². The number of nitrogens with one attached hydrogen (secondary N) is 1. The van der Waals surface area contributed by atoms with Crippen molar-refractivity contribution in [1.82, 2.24) is 4.98 Å². The van der Waals surface area contributed by atoms with Gasteiger partial charge < -0.3 is 14.9 Å². The summed E-state index contributed by atoms with van der Waals surface area (Å²) in [6, 6.07) is 2.27. The fourth-order valence-corrected chi connectivity index (χ4v) is 1.16. The molecule has 0 fully saturated rings. The summed E-state index contributed by atoms with van der Waals surface area (Å²) in [5.74, 6) is -0.964. The van der Waals surface area contributed by atoms with Gasteiger partial charge in [-0.15, -0.1) is 0 Å². The lowest BCUT2D eigenvalue weighted by Crippen LogP contribution is -2.13. The second-order valence-corrected chi connectivity index (χ2v) is 2.98. The van der Waals surface area contributed by atoms with Crippen molar-refractivity contribution in [3.63, 3.8) is 0 Å². The van der Waals surface area contributed by atoms with E-state index in [1.165, 1.54) is 0 Å². The molecule has 1 N–H and O–H groups in total. The van der Waals surface area contributed by atoms with Crippen LogP contribution < -0.4 is 5.56 Å². The minimum absolute atomic E-state index is 0.154. The molecule has 0 aliphatic rings. The molecule has 0 aromatic carbocycles. The first-order valence-electron chi connectivity index (χ1n) is 4.56. The molecule has 1 heterocycles. The van der Waals surface area contributed by atoms with E-state index in [-0.39, 0.29) is 18.6 Å². The minimum Gasteiger partial charge on any atom is -0.466 e. The third-order valence-electron chi connectivity index (χ3n) is 1.74. The average molecular weight is 226 g/mol. The van der Waals surface area contributed by atoms with Crippen LogP contribution in [0.3, 0.4) is 0 Å². The van der Waals surface area contributed by atoms with Gasteiger partial charge in [-0.25, -0.2) is 9.78 Å². The molecule has 0 radical (unpaired) electrons. The summed E-state index contributed by atoms with van der Waals surface area (Å²) in [7, 11) is 0. The van der Waals surface area contributed by atoms with Crippen LogP contribution in [-0.4, -0.2) is 22.5 Å². The lowest BCUT2D eigenvalue weighted by molar-refractivity contribution is -0.389. The zero-order valence-electron chi connectivity index (χ0n) is 8.56. The van der Waals surface area contributed by atoms with E-state index in [9.17, 15) is 19.7 Å². The first kappa shape index (κ1) is 11.9. The van der Waals surface area contributed by atoms with Gasteiger partial charge >= 0.3 is 17.3 Å². The van der Waals surface area contributed by atoms with Crippen LogP contribution in [0.4, 0.5) is 5.82 Å². The fraction of sp³-hybridized carbons (Fsp3) is 0.333. The van der Waals surface area contributed by atoms with Crippen LogP contribution in [0, 0.1) is 10.1 Å². The normalized spacial score (nSPS) is 9.81. The summed E-state index contributed by atoms with van der Waals surface area (Å²) in [5.41, 5.74) is -0.359. The summed E-state index contributed by atoms with van der Waals surface area (Å²) >= 11 is 0. The van der Waals surface area contributed by atoms with Crippen molar-refractivity contribution in [2.75, 3.05) is 6.61 Å². The Morgan fingerprint density at radius 1 is 1.56 bits per heavy atom. The zero-order chi connectivity index (χ0) is 12.1. The number of aromatic nitrogens is 1. The number of rotatable bonds is 4. The fourth-order valence-electron chi connectivity index (χ4n) is 1.16. The minimum atomic E-state index is -0.726. The number of hydrogen-bond acceptors (Lipinski definition) is 5. The molecule has 0 bridgehead atoms. The quantitative estimate of drug-likeness (QED) is 0.454. The number of carbonyl (C=O) groups excluding carboxylic acids is 1. The zero-order valence-corrected chi connectivity index (χ0v) is 8.56. The van der Waals surface area contributed by atoms with Gasteiger partial charge in [0.05, 0.1) is 13.0 Å². The van der Waals surface area contributed by atoms with Gasteiger partial charge in [0.25, 0.3) is 0 Å². The number of H-pyrrole nitrogens is 1. The van der Waals surface area contributed by atoms with E-state index in [1.54, 1.807) is 6.92 Å². The van der Waals surface area contributed by atoms with Crippen LogP contribution in [0.25, 0.3) is 0 Å². The van der Waals surface area contributed by atoms with Crippen molar-refractivity contribution in [3.8, 4) is 0 Å². The molecule has 1 rings (SSSR count). The van der Waals surface area contributed by atoms with Gasteiger partial charge in [-0.05, 0) is 17.4 Å². The molecular formula is C9H10N2O5. The van der Waals surface area contributed by atoms with Gasteiger partial charge in [0.15, 0.2) is 0 Å². The van der Waals surface area contributed by atoms with Crippen molar-refractivity contribution in [2.45, 2.75) is 13.3 Å². The van der Waals surface area contributed by atoms with Crippen LogP contribution in [-0.2, 0) is 16.0 Å². The number of pyridine rings is 1. The highest BCUT2D eigenvalue weighted by atomic mass is 16.6. The standard InChI is InChI=1S/C9H10N2O5/c1-2-16-9(13)5-6-3-7(11(14)15)10-8(12)4-6/h3-4H,2,5H2,1H3,(H,10,12). The Bertz CT molecular complexity index is 465. The Hall–Kier alpha value is -2.18. The third-order valence-corrected chi connectivity index (χ3v) is 1.74. The number of nitro groups is 1. The molecule has 0 unspecified atom stereocenters. The number of hydrogen-bond donors (Lipinski definition) is 1. The molecule has 1 aromatic rings. The van der Waals surface area contributed by atoms with Crippen LogP contribution >= 0.6 is 0 Å². The van der Waals surface area contributed by atoms with E-state index in [4.69, 9.17) is 0 Å². The van der Waals surface area contributed by atoms with E-state index >= 15 is 0 Å². The molecule has 0 spiro atoms. The average Bonchev–Trinajstić information content (AvgIpc) is 2.16. The molecule has 7 nitrogen and oxygen atoms in total. The number of esters is 1. The van der Waals surface area contributed by atoms with E-state index < -0.39 is 22.3 Å². The summed E-state index contributed by atoms with van der Waals surface area (Å²) in [6.45, 7) is 1.88.